The molecule has 1 atom stereocenters. The SMILES string of the molecule is Cc1cc(N(CC(=O)N(Cc2cccc(Cl)c2)[C@@H](C)C(=O)NC(C)(C)C)S(C)(=O)=O)ccc1Br. The summed E-state index contributed by atoms with van der Waals surface area (Å²) in [5, 5.41) is 3.38. The molecule has 34 heavy (non-hydrogen) atoms. The molecule has 0 bridgehead atoms. The van der Waals surface area contributed by atoms with Gasteiger partial charge in [-0.3, -0.25) is 13.9 Å². The third kappa shape index (κ3) is 7.99. The number of nitrogens with one attached hydrogen (secondary N) is 1. The van der Waals surface area contributed by atoms with Crippen LogP contribution in [0.25, 0.3) is 0 Å². The Morgan fingerprint density at radius 3 is 2.32 bits per heavy atom. The van der Waals surface area contributed by atoms with E-state index in [1.54, 1.807) is 49.4 Å². The van der Waals surface area contributed by atoms with Crippen LogP contribution in [0, 0.1) is 6.92 Å². The zero-order valence-corrected chi connectivity index (χ0v) is 23.4. The summed E-state index contributed by atoms with van der Waals surface area (Å²) in [5.74, 6) is -0.851. The van der Waals surface area contributed by atoms with E-state index in [0.717, 1.165) is 26.2 Å². The van der Waals surface area contributed by atoms with Crippen LogP contribution in [0.4, 0.5) is 5.69 Å². The molecule has 2 rings (SSSR count). The molecule has 2 aromatic rings. The van der Waals surface area contributed by atoms with Gasteiger partial charge in [0.2, 0.25) is 21.8 Å². The lowest BCUT2D eigenvalue weighted by atomic mass is 10.1. The van der Waals surface area contributed by atoms with Crippen LogP contribution in [-0.4, -0.2) is 49.5 Å². The van der Waals surface area contributed by atoms with E-state index in [1.165, 1.54) is 4.90 Å². The molecule has 0 spiro atoms. The van der Waals surface area contributed by atoms with Crippen LogP contribution in [0.3, 0.4) is 0 Å². The van der Waals surface area contributed by atoms with Crippen molar-refractivity contribution in [3.05, 3.63) is 63.1 Å². The van der Waals surface area contributed by atoms with Crippen LogP contribution in [0.2, 0.25) is 5.02 Å². The summed E-state index contributed by atoms with van der Waals surface area (Å²) >= 11 is 9.52. The van der Waals surface area contributed by atoms with Crippen molar-refractivity contribution in [1.82, 2.24) is 10.2 Å². The van der Waals surface area contributed by atoms with E-state index in [4.69, 9.17) is 11.6 Å². The van der Waals surface area contributed by atoms with Crippen molar-refractivity contribution in [2.45, 2.75) is 52.7 Å². The molecule has 2 amide bonds. The van der Waals surface area contributed by atoms with Crippen LogP contribution >= 0.6 is 27.5 Å². The zero-order valence-electron chi connectivity index (χ0n) is 20.2. The minimum atomic E-state index is -3.78. The first-order valence-electron chi connectivity index (χ1n) is 10.7. The van der Waals surface area contributed by atoms with Gasteiger partial charge in [0.05, 0.1) is 11.9 Å². The second-order valence-electron chi connectivity index (χ2n) is 9.27. The van der Waals surface area contributed by atoms with E-state index in [0.29, 0.717) is 10.7 Å². The molecule has 10 heteroatoms. The van der Waals surface area contributed by atoms with Gasteiger partial charge in [0.15, 0.2) is 0 Å². The smallest absolute Gasteiger partial charge is 0.244 e. The van der Waals surface area contributed by atoms with Crippen molar-refractivity contribution in [3.8, 4) is 0 Å². The van der Waals surface area contributed by atoms with Crippen molar-refractivity contribution in [1.29, 1.82) is 0 Å². The molecule has 0 aliphatic rings. The number of anilines is 1. The Morgan fingerprint density at radius 2 is 1.79 bits per heavy atom. The highest BCUT2D eigenvalue weighted by Gasteiger charge is 2.31. The number of hydrogen-bond acceptors (Lipinski definition) is 4. The Morgan fingerprint density at radius 1 is 1.15 bits per heavy atom. The minimum Gasteiger partial charge on any atom is -0.350 e. The molecule has 0 saturated carbocycles. The number of benzene rings is 2. The predicted molar refractivity (Wildman–Crippen MR) is 140 cm³/mol. The molecule has 0 fully saturated rings. The topological polar surface area (TPSA) is 86.8 Å². The summed E-state index contributed by atoms with van der Waals surface area (Å²) in [5.41, 5.74) is 1.42. The molecule has 0 saturated heterocycles. The lowest BCUT2D eigenvalue weighted by Gasteiger charge is -2.33. The van der Waals surface area contributed by atoms with E-state index >= 15 is 0 Å². The van der Waals surface area contributed by atoms with Crippen molar-refractivity contribution >= 4 is 55.1 Å². The maximum atomic E-state index is 13.5. The van der Waals surface area contributed by atoms with E-state index in [9.17, 15) is 18.0 Å². The third-order valence-corrected chi connectivity index (χ3v) is 7.28. The molecule has 2 aromatic carbocycles. The van der Waals surface area contributed by atoms with Gasteiger partial charge in [-0.2, -0.15) is 0 Å². The highest BCUT2D eigenvalue weighted by atomic mass is 79.9. The second-order valence-corrected chi connectivity index (χ2v) is 12.5. The van der Waals surface area contributed by atoms with E-state index < -0.39 is 34.1 Å². The summed E-state index contributed by atoms with van der Waals surface area (Å²) in [4.78, 5) is 27.8. The molecule has 186 valence electrons. The fraction of sp³-hybridized carbons (Fsp3) is 0.417. The van der Waals surface area contributed by atoms with Gasteiger partial charge in [-0.25, -0.2) is 8.42 Å². The second kappa shape index (κ2) is 11.1. The van der Waals surface area contributed by atoms with Gasteiger partial charge in [-0.15, -0.1) is 0 Å². The molecule has 1 N–H and O–H groups in total. The number of rotatable bonds is 8. The number of aryl methyl sites for hydroxylation is 1. The first-order valence-corrected chi connectivity index (χ1v) is 13.7. The summed E-state index contributed by atoms with van der Waals surface area (Å²) < 4.78 is 27.1. The maximum absolute atomic E-state index is 13.5. The number of nitrogens with zero attached hydrogens (tertiary/aromatic N) is 2. The van der Waals surface area contributed by atoms with Crippen molar-refractivity contribution < 1.29 is 18.0 Å². The molecule has 0 aliphatic carbocycles. The van der Waals surface area contributed by atoms with Crippen molar-refractivity contribution in [2.75, 3.05) is 17.1 Å². The number of sulfonamides is 1. The number of amides is 2. The fourth-order valence-electron chi connectivity index (χ4n) is 3.29. The molecular weight excluding hydrogens is 542 g/mol. The van der Waals surface area contributed by atoms with E-state index in [1.807, 2.05) is 27.7 Å². The lowest BCUT2D eigenvalue weighted by Crippen LogP contribution is -2.54. The van der Waals surface area contributed by atoms with Crippen LogP contribution < -0.4 is 9.62 Å². The number of halogens is 2. The van der Waals surface area contributed by atoms with Gasteiger partial charge in [0, 0.05) is 21.6 Å². The van der Waals surface area contributed by atoms with Gasteiger partial charge in [-0.1, -0.05) is 39.7 Å². The first-order chi connectivity index (χ1) is 15.6. The Bertz CT molecular complexity index is 1170. The quantitative estimate of drug-likeness (QED) is 0.504. The first kappa shape index (κ1) is 28.1. The van der Waals surface area contributed by atoms with Gasteiger partial charge in [-0.05, 0) is 76.1 Å². The van der Waals surface area contributed by atoms with Crippen LogP contribution in [0.5, 0.6) is 0 Å². The molecule has 0 aliphatic heterocycles. The maximum Gasteiger partial charge on any atom is 0.244 e. The third-order valence-electron chi connectivity index (χ3n) is 5.02. The standard InChI is InChI=1S/C24H31BrClN3O4S/c1-16-12-20(10-11-21(16)25)29(34(6,32)33)15-22(30)28(14-18-8-7-9-19(26)13-18)17(2)23(31)27-24(3,4)5/h7-13,17H,14-15H2,1-6H3,(H,27,31)/t17-/m0/s1. The largest absolute Gasteiger partial charge is 0.350 e. The van der Waals surface area contributed by atoms with E-state index in [-0.39, 0.29) is 12.5 Å². The monoisotopic (exact) mass is 571 g/mol. The molecule has 0 radical (unpaired) electrons. The summed E-state index contributed by atoms with van der Waals surface area (Å²) in [6, 6.07) is 11.2. The number of carbonyl (C=O) groups excluding carboxylic acids is 2. The van der Waals surface area contributed by atoms with Crippen molar-refractivity contribution in [3.63, 3.8) is 0 Å². The van der Waals surface area contributed by atoms with Crippen LogP contribution in [0.1, 0.15) is 38.8 Å². The summed E-state index contributed by atoms with van der Waals surface area (Å²) in [6.07, 6.45) is 1.05. The normalized spacial score (nSPS) is 12.7. The van der Waals surface area contributed by atoms with Crippen LogP contribution in [-0.2, 0) is 26.2 Å². The summed E-state index contributed by atoms with van der Waals surface area (Å²) in [6.45, 7) is 8.65. The number of hydrogen-bond donors (Lipinski definition) is 1. The van der Waals surface area contributed by atoms with Gasteiger partial charge >= 0.3 is 0 Å². The minimum absolute atomic E-state index is 0.0924. The average Bonchev–Trinajstić information content (AvgIpc) is 2.69. The van der Waals surface area contributed by atoms with E-state index in [2.05, 4.69) is 21.2 Å². The van der Waals surface area contributed by atoms with Crippen LogP contribution in [0.15, 0.2) is 46.9 Å². The highest BCUT2D eigenvalue weighted by molar-refractivity contribution is 9.10. The predicted octanol–water partition coefficient (Wildman–Crippen LogP) is 4.51. The summed E-state index contributed by atoms with van der Waals surface area (Å²) in [7, 11) is -3.78. The highest BCUT2D eigenvalue weighted by Crippen LogP contribution is 2.25. The lowest BCUT2D eigenvalue weighted by molar-refractivity contribution is -0.140. The molecule has 0 aromatic heterocycles. The number of carbonyl (C=O) groups is 2. The van der Waals surface area contributed by atoms with Gasteiger partial charge in [0.25, 0.3) is 0 Å². The van der Waals surface area contributed by atoms with Gasteiger partial charge in [0.1, 0.15) is 12.6 Å². The zero-order chi connectivity index (χ0) is 25.8. The average molecular weight is 573 g/mol. The fourth-order valence-corrected chi connectivity index (χ4v) is 4.59. The van der Waals surface area contributed by atoms with Gasteiger partial charge < -0.3 is 10.2 Å². The Kier molecular flexibility index (Phi) is 9.18. The molecular formula is C24H31BrClN3O4S. The molecule has 0 unspecified atom stereocenters. The Hall–Kier alpha value is -2.10. The molecule has 7 nitrogen and oxygen atoms in total. The Balaban J connectivity index is 2.43. The van der Waals surface area contributed by atoms with Crippen molar-refractivity contribution in [2.24, 2.45) is 0 Å². The molecule has 0 heterocycles. The Labute approximate surface area is 215 Å².